The third-order valence-electron chi connectivity index (χ3n) is 2.74. The zero-order valence-electron chi connectivity index (χ0n) is 10.4. The van der Waals surface area contributed by atoms with Crippen LogP contribution in [0.2, 0.25) is 0 Å². The highest BCUT2D eigenvalue weighted by Gasteiger charge is 2.06. The zero-order valence-corrected chi connectivity index (χ0v) is 10.4. The molecule has 92 valence electrons. The van der Waals surface area contributed by atoms with Crippen LogP contribution in [0.5, 0.6) is 0 Å². The minimum Gasteiger partial charge on any atom is -0.330 e. The smallest absolute Gasteiger partial charge is 0.110 e. The van der Waals surface area contributed by atoms with Crippen LogP contribution in [0.15, 0.2) is 36.7 Å². The van der Waals surface area contributed by atoms with Crippen molar-refractivity contribution in [3.8, 4) is 6.07 Å². The van der Waals surface area contributed by atoms with Gasteiger partial charge in [0.1, 0.15) is 5.82 Å². The number of nitrogens with two attached hydrogens (primary N) is 1. The Morgan fingerprint density at radius 3 is 2.72 bits per heavy atom. The van der Waals surface area contributed by atoms with E-state index < -0.39 is 0 Å². The summed E-state index contributed by atoms with van der Waals surface area (Å²) in [6.45, 7) is 2.73. The Balaban J connectivity index is 2.13. The second-order valence-corrected chi connectivity index (χ2v) is 4.46. The summed E-state index contributed by atoms with van der Waals surface area (Å²) in [5.41, 5.74) is 7.63. The molecule has 0 saturated heterocycles. The molecule has 0 saturated carbocycles. The van der Waals surface area contributed by atoms with Crippen molar-refractivity contribution >= 4 is 0 Å². The lowest BCUT2D eigenvalue weighted by molar-refractivity contribution is 0.648. The van der Waals surface area contributed by atoms with Crippen LogP contribution in [0, 0.1) is 11.3 Å². The molecule has 0 spiro atoms. The van der Waals surface area contributed by atoms with Crippen molar-refractivity contribution in [1.82, 2.24) is 9.55 Å². The van der Waals surface area contributed by atoms with E-state index in [9.17, 15) is 0 Å². The minimum absolute atomic E-state index is 0.104. The highest BCUT2D eigenvalue weighted by molar-refractivity contribution is 5.31. The molecule has 1 aromatic heterocycles. The summed E-state index contributed by atoms with van der Waals surface area (Å²) < 4.78 is 2.09. The average Bonchev–Trinajstić information content (AvgIpc) is 2.77. The Labute approximate surface area is 107 Å². The molecule has 1 unspecified atom stereocenters. The number of rotatable bonds is 4. The highest BCUT2D eigenvalue weighted by Crippen LogP contribution is 2.08. The predicted octanol–water partition coefficient (Wildman–Crippen LogP) is 1.69. The summed E-state index contributed by atoms with van der Waals surface area (Å²) in [5, 5.41) is 8.75. The van der Waals surface area contributed by atoms with Crippen molar-refractivity contribution in [3.63, 3.8) is 0 Å². The van der Waals surface area contributed by atoms with Crippen molar-refractivity contribution in [2.45, 2.75) is 25.9 Å². The third-order valence-corrected chi connectivity index (χ3v) is 2.74. The van der Waals surface area contributed by atoms with Crippen LogP contribution in [0.3, 0.4) is 0 Å². The van der Waals surface area contributed by atoms with Crippen LogP contribution in [-0.4, -0.2) is 15.6 Å². The first-order chi connectivity index (χ1) is 8.69. The fourth-order valence-electron chi connectivity index (χ4n) is 1.84. The normalized spacial score (nSPS) is 12.1. The fourth-order valence-corrected chi connectivity index (χ4v) is 1.84. The summed E-state index contributed by atoms with van der Waals surface area (Å²) in [7, 11) is 0. The van der Waals surface area contributed by atoms with Crippen LogP contribution in [0.25, 0.3) is 0 Å². The number of hydrogen-bond acceptors (Lipinski definition) is 3. The van der Waals surface area contributed by atoms with Crippen molar-refractivity contribution in [3.05, 3.63) is 53.6 Å². The van der Waals surface area contributed by atoms with Gasteiger partial charge < -0.3 is 10.3 Å². The van der Waals surface area contributed by atoms with Gasteiger partial charge in [-0.3, -0.25) is 0 Å². The van der Waals surface area contributed by atoms with E-state index in [-0.39, 0.29) is 6.04 Å². The van der Waals surface area contributed by atoms with Gasteiger partial charge in [0.2, 0.25) is 0 Å². The molecule has 0 aliphatic heterocycles. The van der Waals surface area contributed by atoms with Crippen molar-refractivity contribution in [1.29, 1.82) is 5.26 Å². The number of nitriles is 1. The molecule has 0 radical (unpaired) electrons. The van der Waals surface area contributed by atoms with Gasteiger partial charge in [0.25, 0.3) is 0 Å². The van der Waals surface area contributed by atoms with Gasteiger partial charge in [0.15, 0.2) is 0 Å². The minimum atomic E-state index is 0.104. The molecule has 1 heterocycles. The topological polar surface area (TPSA) is 67.6 Å². The third kappa shape index (κ3) is 2.96. The van der Waals surface area contributed by atoms with Gasteiger partial charge in [-0.15, -0.1) is 0 Å². The Morgan fingerprint density at radius 1 is 1.39 bits per heavy atom. The monoisotopic (exact) mass is 240 g/mol. The SMILES string of the molecule is CC(N)Cc1nccn1Cc1ccc(C#N)cc1. The Kier molecular flexibility index (Phi) is 3.75. The van der Waals surface area contributed by atoms with Crippen LogP contribution in [-0.2, 0) is 13.0 Å². The molecule has 4 heteroatoms. The highest BCUT2D eigenvalue weighted by atomic mass is 15.1. The van der Waals surface area contributed by atoms with Gasteiger partial charge in [0.05, 0.1) is 11.6 Å². The first kappa shape index (κ1) is 12.3. The summed E-state index contributed by atoms with van der Waals surface area (Å²) >= 11 is 0. The largest absolute Gasteiger partial charge is 0.330 e. The lowest BCUT2D eigenvalue weighted by atomic mass is 10.1. The molecule has 0 amide bonds. The maximum absolute atomic E-state index is 8.75. The van der Waals surface area contributed by atoms with E-state index in [1.54, 1.807) is 6.20 Å². The number of aromatic nitrogens is 2. The van der Waals surface area contributed by atoms with Gasteiger partial charge in [0, 0.05) is 31.4 Å². The standard InChI is InChI=1S/C14H16N4/c1-11(16)8-14-17-6-7-18(14)10-13-4-2-12(9-15)3-5-13/h2-7,11H,8,10,16H2,1H3. The Morgan fingerprint density at radius 2 is 2.11 bits per heavy atom. The molecule has 0 fully saturated rings. The average molecular weight is 240 g/mol. The molecule has 2 N–H and O–H groups in total. The van der Waals surface area contributed by atoms with Gasteiger partial charge in [-0.05, 0) is 24.6 Å². The van der Waals surface area contributed by atoms with E-state index in [1.807, 2.05) is 37.4 Å². The van der Waals surface area contributed by atoms with E-state index in [2.05, 4.69) is 15.6 Å². The van der Waals surface area contributed by atoms with Crippen molar-refractivity contribution in [2.75, 3.05) is 0 Å². The Hall–Kier alpha value is -2.12. The molecule has 0 aliphatic carbocycles. The lowest BCUT2D eigenvalue weighted by Crippen LogP contribution is -2.20. The maximum atomic E-state index is 8.75. The summed E-state index contributed by atoms with van der Waals surface area (Å²) in [4.78, 5) is 4.32. The molecule has 0 bridgehead atoms. The first-order valence-electron chi connectivity index (χ1n) is 5.93. The van der Waals surface area contributed by atoms with Gasteiger partial charge >= 0.3 is 0 Å². The lowest BCUT2D eigenvalue weighted by Gasteiger charge is -2.09. The fraction of sp³-hybridized carbons (Fsp3) is 0.286. The first-order valence-corrected chi connectivity index (χ1v) is 5.93. The second kappa shape index (κ2) is 5.48. The van der Waals surface area contributed by atoms with E-state index in [0.29, 0.717) is 5.56 Å². The second-order valence-electron chi connectivity index (χ2n) is 4.46. The van der Waals surface area contributed by atoms with E-state index in [4.69, 9.17) is 11.0 Å². The molecule has 2 rings (SSSR count). The number of hydrogen-bond donors (Lipinski definition) is 1. The molecule has 18 heavy (non-hydrogen) atoms. The Bertz CT molecular complexity index is 546. The number of imidazole rings is 1. The molecular formula is C14H16N4. The summed E-state index contributed by atoms with van der Waals surface area (Å²) in [6, 6.07) is 9.81. The molecule has 0 aliphatic rings. The van der Waals surface area contributed by atoms with Crippen LogP contribution in [0.1, 0.15) is 23.9 Å². The van der Waals surface area contributed by atoms with Gasteiger partial charge in [-0.25, -0.2) is 4.98 Å². The maximum Gasteiger partial charge on any atom is 0.110 e. The summed E-state index contributed by atoms with van der Waals surface area (Å²) in [5.74, 6) is 0.995. The van der Waals surface area contributed by atoms with Crippen LogP contribution in [0.4, 0.5) is 0 Å². The van der Waals surface area contributed by atoms with Crippen molar-refractivity contribution < 1.29 is 0 Å². The predicted molar refractivity (Wildman–Crippen MR) is 69.8 cm³/mol. The van der Waals surface area contributed by atoms with Gasteiger partial charge in [-0.2, -0.15) is 5.26 Å². The molecule has 1 atom stereocenters. The molecule has 2 aromatic rings. The molecular weight excluding hydrogens is 224 g/mol. The van der Waals surface area contributed by atoms with Crippen LogP contribution < -0.4 is 5.73 Å². The summed E-state index contributed by atoms with van der Waals surface area (Å²) in [6.07, 6.45) is 4.51. The molecule has 1 aromatic carbocycles. The van der Waals surface area contributed by atoms with E-state index in [1.165, 1.54) is 0 Å². The quantitative estimate of drug-likeness (QED) is 0.884. The van der Waals surface area contributed by atoms with Crippen LogP contribution >= 0.6 is 0 Å². The number of nitrogens with zero attached hydrogens (tertiary/aromatic N) is 3. The number of benzene rings is 1. The zero-order chi connectivity index (χ0) is 13.0. The molecule has 4 nitrogen and oxygen atoms in total. The van der Waals surface area contributed by atoms with Crippen molar-refractivity contribution in [2.24, 2.45) is 5.73 Å². The van der Waals surface area contributed by atoms with Gasteiger partial charge in [-0.1, -0.05) is 12.1 Å². The van der Waals surface area contributed by atoms with E-state index >= 15 is 0 Å². The van der Waals surface area contributed by atoms with E-state index in [0.717, 1.165) is 24.4 Å².